The zero-order valence-electron chi connectivity index (χ0n) is 12.6. The normalized spacial score (nSPS) is 12.2. The number of benzene rings is 2. The number of ether oxygens (including phenoxy) is 2. The number of amides is 1. The summed E-state index contributed by atoms with van der Waals surface area (Å²) in [5.41, 5.74) is 1.31. The van der Waals surface area contributed by atoms with Gasteiger partial charge in [0.05, 0.1) is 16.9 Å². The fourth-order valence-electron chi connectivity index (χ4n) is 2.32. The molecule has 0 atom stereocenters. The molecule has 25 heavy (non-hydrogen) atoms. The Hall–Kier alpha value is -2.28. The van der Waals surface area contributed by atoms with Gasteiger partial charge in [0.25, 0.3) is 5.91 Å². The van der Waals surface area contributed by atoms with E-state index in [1.165, 1.54) is 17.5 Å². The minimum absolute atomic E-state index is 0.213. The van der Waals surface area contributed by atoms with Crippen molar-refractivity contribution in [3.8, 4) is 22.1 Å². The maximum atomic E-state index is 12.4. The largest absolute Gasteiger partial charge is 0.454 e. The van der Waals surface area contributed by atoms with Gasteiger partial charge < -0.3 is 14.8 Å². The number of fused-ring (bicyclic) bond motifs is 1. The van der Waals surface area contributed by atoms with E-state index in [2.05, 4.69) is 10.3 Å². The molecule has 8 heteroatoms. The third-order valence-corrected chi connectivity index (χ3v) is 5.14. The highest BCUT2D eigenvalue weighted by atomic mass is 35.5. The lowest BCUT2D eigenvalue weighted by molar-refractivity contribution is 0.103. The van der Waals surface area contributed by atoms with E-state index >= 15 is 0 Å². The van der Waals surface area contributed by atoms with Crippen LogP contribution >= 0.6 is 34.5 Å². The molecule has 4 rings (SSSR count). The maximum absolute atomic E-state index is 12.4. The number of aromatic nitrogens is 1. The topological polar surface area (TPSA) is 60.5 Å². The first kappa shape index (κ1) is 16.2. The first-order valence-electron chi connectivity index (χ1n) is 7.22. The lowest BCUT2D eigenvalue weighted by Crippen LogP contribution is -2.10. The van der Waals surface area contributed by atoms with Crippen molar-refractivity contribution in [3.05, 3.63) is 57.5 Å². The van der Waals surface area contributed by atoms with Crippen molar-refractivity contribution in [2.24, 2.45) is 0 Å². The van der Waals surface area contributed by atoms with Crippen LogP contribution in [0.15, 0.2) is 42.6 Å². The zero-order valence-corrected chi connectivity index (χ0v) is 14.9. The van der Waals surface area contributed by atoms with E-state index in [9.17, 15) is 4.79 Å². The number of nitrogens with zero attached hydrogens (tertiary/aromatic N) is 1. The van der Waals surface area contributed by atoms with Crippen LogP contribution in [-0.2, 0) is 0 Å². The van der Waals surface area contributed by atoms with Crippen molar-refractivity contribution in [1.82, 2.24) is 4.98 Å². The Morgan fingerprint density at radius 1 is 1.12 bits per heavy atom. The van der Waals surface area contributed by atoms with Crippen molar-refractivity contribution in [1.29, 1.82) is 0 Å². The fourth-order valence-corrected chi connectivity index (χ4v) is 3.46. The SMILES string of the molecule is O=C(Nc1cc(Cl)ccc1Cl)c1cnc(-c2ccc3c(c2)OCO3)s1. The van der Waals surface area contributed by atoms with Gasteiger partial charge in [0.2, 0.25) is 6.79 Å². The van der Waals surface area contributed by atoms with Gasteiger partial charge in [-0.2, -0.15) is 0 Å². The molecule has 1 aliphatic heterocycles. The third kappa shape index (κ3) is 3.28. The van der Waals surface area contributed by atoms with Gasteiger partial charge in [-0.25, -0.2) is 4.98 Å². The fraction of sp³-hybridized carbons (Fsp3) is 0.0588. The van der Waals surface area contributed by atoms with Crippen LogP contribution in [0.3, 0.4) is 0 Å². The molecule has 1 amide bonds. The molecule has 2 heterocycles. The number of rotatable bonds is 3. The smallest absolute Gasteiger partial charge is 0.267 e. The Morgan fingerprint density at radius 3 is 2.84 bits per heavy atom. The molecular formula is C17H10Cl2N2O3S. The van der Waals surface area contributed by atoms with Gasteiger partial charge in [0.1, 0.15) is 9.88 Å². The average molecular weight is 393 g/mol. The number of anilines is 1. The number of carbonyl (C=O) groups is 1. The Morgan fingerprint density at radius 2 is 1.96 bits per heavy atom. The van der Waals surface area contributed by atoms with Crippen LogP contribution < -0.4 is 14.8 Å². The number of nitrogens with one attached hydrogen (secondary N) is 1. The second kappa shape index (κ2) is 6.55. The van der Waals surface area contributed by atoms with Crippen LogP contribution in [0.5, 0.6) is 11.5 Å². The van der Waals surface area contributed by atoms with Crippen LogP contribution in [0.4, 0.5) is 5.69 Å². The van der Waals surface area contributed by atoms with Gasteiger partial charge >= 0.3 is 0 Å². The summed E-state index contributed by atoms with van der Waals surface area (Å²) in [6.45, 7) is 0.213. The van der Waals surface area contributed by atoms with E-state index < -0.39 is 0 Å². The van der Waals surface area contributed by atoms with Crippen molar-refractivity contribution in [2.45, 2.75) is 0 Å². The van der Waals surface area contributed by atoms with Gasteiger partial charge in [-0.3, -0.25) is 4.79 Å². The molecule has 1 aromatic heterocycles. The number of hydrogen-bond donors (Lipinski definition) is 1. The highest BCUT2D eigenvalue weighted by Gasteiger charge is 2.17. The molecule has 0 unspecified atom stereocenters. The van der Waals surface area contributed by atoms with E-state index in [4.69, 9.17) is 32.7 Å². The number of thiazole rings is 1. The number of halogens is 2. The van der Waals surface area contributed by atoms with Crippen LogP contribution in [0.1, 0.15) is 9.67 Å². The van der Waals surface area contributed by atoms with Crippen LogP contribution in [0.25, 0.3) is 10.6 Å². The summed E-state index contributed by atoms with van der Waals surface area (Å²) in [5, 5.41) is 4.36. The summed E-state index contributed by atoms with van der Waals surface area (Å²) < 4.78 is 10.7. The Balaban J connectivity index is 1.56. The summed E-state index contributed by atoms with van der Waals surface area (Å²) in [6.07, 6.45) is 1.53. The van der Waals surface area contributed by atoms with Gasteiger partial charge in [0, 0.05) is 10.6 Å². The van der Waals surface area contributed by atoms with Crippen molar-refractivity contribution < 1.29 is 14.3 Å². The Kier molecular flexibility index (Phi) is 4.25. The molecule has 5 nitrogen and oxygen atoms in total. The van der Waals surface area contributed by atoms with Crippen molar-refractivity contribution >= 4 is 46.1 Å². The molecule has 3 aromatic rings. The first-order valence-corrected chi connectivity index (χ1v) is 8.79. The lowest BCUT2D eigenvalue weighted by Gasteiger charge is -2.06. The molecular weight excluding hydrogens is 383 g/mol. The molecule has 0 spiro atoms. The minimum atomic E-state index is -0.298. The van der Waals surface area contributed by atoms with Crippen molar-refractivity contribution in [2.75, 3.05) is 12.1 Å². The van der Waals surface area contributed by atoms with Gasteiger partial charge in [-0.1, -0.05) is 23.2 Å². The summed E-state index contributed by atoms with van der Waals surface area (Å²) in [4.78, 5) is 17.2. The molecule has 1 N–H and O–H groups in total. The number of carbonyl (C=O) groups excluding carboxylic acids is 1. The molecule has 0 radical (unpaired) electrons. The predicted molar refractivity (Wildman–Crippen MR) is 98.1 cm³/mol. The van der Waals surface area contributed by atoms with Gasteiger partial charge in [0.15, 0.2) is 11.5 Å². The Bertz CT molecular complexity index is 974. The molecule has 0 fully saturated rings. The second-order valence-electron chi connectivity index (χ2n) is 5.18. The molecule has 0 bridgehead atoms. The van der Waals surface area contributed by atoms with Gasteiger partial charge in [-0.05, 0) is 36.4 Å². The van der Waals surface area contributed by atoms with Crippen LogP contribution in [0.2, 0.25) is 10.0 Å². The molecule has 0 saturated carbocycles. The molecule has 2 aromatic carbocycles. The quantitative estimate of drug-likeness (QED) is 0.673. The Labute approximate surface area is 157 Å². The van der Waals surface area contributed by atoms with Crippen molar-refractivity contribution in [3.63, 3.8) is 0 Å². The summed E-state index contributed by atoms with van der Waals surface area (Å²) in [5.74, 6) is 1.08. The van der Waals surface area contributed by atoms with E-state index in [0.717, 1.165) is 5.56 Å². The summed E-state index contributed by atoms with van der Waals surface area (Å²) >= 11 is 13.3. The zero-order chi connectivity index (χ0) is 17.4. The maximum Gasteiger partial charge on any atom is 0.267 e. The molecule has 0 aliphatic carbocycles. The average Bonchev–Trinajstić information content (AvgIpc) is 3.26. The predicted octanol–water partition coefficient (Wildman–Crippen LogP) is 5.10. The van der Waals surface area contributed by atoms with E-state index in [1.807, 2.05) is 18.2 Å². The van der Waals surface area contributed by atoms with Crippen LogP contribution in [-0.4, -0.2) is 17.7 Å². The third-order valence-electron chi connectivity index (χ3n) is 3.53. The highest BCUT2D eigenvalue weighted by Crippen LogP contribution is 2.37. The molecule has 0 saturated heterocycles. The van der Waals surface area contributed by atoms with E-state index in [1.54, 1.807) is 18.2 Å². The van der Waals surface area contributed by atoms with Crippen LogP contribution in [0, 0.1) is 0 Å². The summed E-state index contributed by atoms with van der Waals surface area (Å²) in [6, 6.07) is 10.4. The number of hydrogen-bond acceptors (Lipinski definition) is 5. The minimum Gasteiger partial charge on any atom is -0.454 e. The standard InChI is InChI=1S/C17H10Cl2N2O3S/c18-10-2-3-11(19)12(6-10)21-16(22)15-7-20-17(25-15)9-1-4-13-14(5-9)24-8-23-13/h1-7H,8H2,(H,21,22). The molecule has 1 aliphatic rings. The van der Waals surface area contributed by atoms with Gasteiger partial charge in [-0.15, -0.1) is 11.3 Å². The molecule has 126 valence electrons. The van der Waals surface area contributed by atoms with E-state index in [-0.39, 0.29) is 12.7 Å². The lowest BCUT2D eigenvalue weighted by atomic mass is 10.2. The first-order chi connectivity index (χ1) is 12.1. The highest BCUT2D eigenvalue weighted by molar-refractivity contribution is 7.17. The second-order valence-corrected chi connectivity index (χ2v) is 7.05. The monoisotopic (exact) mass is 392 g/mol. The summed E-state index contributed by atoms with van der Waals surface area (Å²) in [7, 11) is 0. The van der Waals surface area contributed by atoms with E-state index in [0.29, 0.717) is 37.1 Å².